The summed E-state index contributed by atoms with van der Waals surface area (Å²) in [5, 5.41) is 9.62. The number of piperazine rings is 1. The van der Waals surface area contributed by atoms with Gasteiger partial charge in [0.1, 0.15) is 11.9 Å². The molecule has 134 valence electrons. The highest BCUT2D eigenvalue weighted by Gasteiger charge is 2.31. The third-order valence-electron chi connectivity index (χ3n) is 4.91. The van der Waals surface area contributed by atoms with E-state index in [0.717, 1.165) is 34.4 Å². The van der Waals surface area contributed by atoms with E-state index >= 15 is 0 Å². The molecule has 2 aliphatic rings. The fourth-order valence-electron chi connectivity index (χ4n) is 3.19. The molecule has 1 saturated carbocycles. The van der Waals surface area contributed by atoms with Crippen LogP contribution in [0.4, 0.5) is 5.82 Å². The minimum atomic E-state index is 0.126. The molecule has 1 amide bonds. The standard InChI is InChI=1S/C18H23BrN4O2/c1-12-14(11-20)18(21-17(16(12)19)13-3-4-13)23-8-6-22(7-9-23)15(24)5-10-25-2/h13H,3-10H2,1-2H3. The molecule has 1 aromatic heterocycles. The number of ether oxygens (including phenoxy) is 1. The van der Waals surface area contributed by atoms with E-state index in [1.165, 1.54) is 0 Å². The smallest absolute Gasteiger partial charge is 0.225 e. The first-order valence-corrected chi connectivity index (χ1v) is 9.47. The topological polar surface area (TPSA) is 69.5 Å². The van der Waals surface area contributed by atoms with E-state index in [9.17, 15) is 10.1 Å². The molecule has 0 radical (unpaired) electrons. The molecule has 2 fully saturated rings. The molecular weight excluding hydrogens is 384 g/mol. The number of hydrogen-bond acceptors (Lipinski definition) is 5. The number of carbonyl (C=O) groups excluding carboxylic acids is 1. The van der Waals surface area contributed by atoms with Gasteiger partial charge in [0.25, 0.3) is 0 Å². The van der Waals surface area contributed by atoms with Crippen LogP contribution in [0.5, 0.6) is 0 Å². The number of rotatable bonds is 5. The number of nitrogens with zero attached hydrogens (tertiary/aromatic N) is 4. The van der Waals surface area contributed by atoms with Crippen molar-refractivity contribution in [2.75, 3.05) is 44.8 Å². The molecule has 0 spiro atoms. The van der Waals surface area contributed by atoms with Crippen molar-refractivity contribution >= 4 is 27.7 Å². The van der Waals surface area contributed by atoms with Crippen molar-refractivity contribution < 1.29 is 9.53 Å². The Kier molecular flexibility index (Phi) is 5.60. The number of nitriles is 1. The monoisotopic (exact) mass is 406 g/mol. The third kappa shape index (κ3) is 3.80. The Morgan fingerprint density at radius 3 is 2.60 bits per heavy atom. The summed E-state index contributed by atoms with van der Waals surface area (Å²) in [6.07, 6.45) is 2.75. The van der Waals surface area contributed by atoms with Gasteiger partial charge >= 0.3 is 0 Å². The van der Waals surface area contributed by atoms with E-state index in [-0.39, 0.29) is 5.91 Å². The fourth-order valence-corrected chi connectivity index (χ4v) is 3.80. The molecule has 0 N–H and O–H groups in total. The fraction of sp³-hybridized carbons (Fsp3) is 0.611. The number of hydrogen-bond donors (Lipinski definition) is 0. The molecule has 1 aliphatic heterocycles. The Balaban J connectivity index is 1.77. The number of amides is 1. The summed E-state index contributed by atoms with van der Waals surface area (Å²) >= 11 is 3.63. The lowest BCUT2D eigenvalue weighted by atomic mass is 10.1. The van der Waals surface area contributed by atoms with Crippen molar-refractivity contribution in [3.05, 3.63) is 21.3 Å². The molecule has 0 atom stereocenters. The number of methoxy groups -OCH3 is 1. The zero-order chi connectivity index (χ0) is 18.0. The van der Waals surface area contributed by atoms with Crippen LogP contribution in [0.2, 0.25) is 0 Å². The summed E-state index contributed by atoms with van der Waals surface area (Å²) in [4.78, 5) is 21.0. The maximum Gasteiger partial charge on any atom is 0.225 e. The Hall–Kier alpha value is -1.65. The number of pyridine rings is 1. The van der Waals surface area contributed by atoms with Gasteiger partial charge in [-0.15, -0.1) is 0 Å². The van der Waals surface area contributed by atoms with Crippen molar-refractivity contribution in [2.24, 2.45) is 0 Å². The second kappa shape index (κ2) is 7.71. The number of carbonyl (C=O) groups is 1. The Labute approximate surface area is 156 Å². The minimum absolute atomic E-state index is 0.126. The molecule has 1 saturated heterocycles. The van der Waals surface area contributed by atoms with E-state index in [4.69, 9.17) is 9.72 Å². The highest BCUT2D eigenvalue weighted by atomic mass is 79.9. The highest BCUT2D eigenvalue weighted by molar-refractivity contribution is 9.10. The van der Waals surface area contributed by atoms with Crippen molar-refractivity contribution in [1.29, 1.82) is 5.26 Å². The molecule has 25 heavy (non-hydrogen) atoms. The molecule has 0 bridgehead atoms. The van der Waals surface area contributed by atoms with Crippen LogP contribution in [0, 0.1) is 18.3 Å². The number of anilines is 1. The summed E-state index contributed by atoms with van der Waals surface area (Å²) in [7, 11) is 1.60. The lowest BCUT2D eigenvalue weighted by Gasteiger charge is -2.36. The van der Waals surface area contributed by atoms with Gasteiger partial charge in [0, 0.05) is 43.7 Å². The van der Waals surface area contributed by atoms with Crippen molar-refractivity contribution in [1.82, 2.24) is 9.88 Å². The van der Waals surface area contributed by atoms with Gasteiger partial charge in [-0.25, -0.2) is 4.98 Å². The predicted octanol–water partition coefficient (Wildman–Crippen LogP) is 2.59. The van der Waals surface area contributed by atoms with Gasteiger partial charge in [0.2, 0.25) is 5.91 Å². The summed E-state index contributed by atoms with van der Waals surface area (Å²) in [5.74, 6) is 1.41. The summed E-state index contributed by atoms with van der Waals surface area (Å²) in [5.41, 5.74) is 2.67. The minimum Gasteiger partial charge on any atom is -0.384 e. The first kappa shape index (κ1) is 18.2. The van der Waals surface area contributed by atoms with Gasteiger partial charge in [-0.05, 0) is 41.3 Å². The van der Waals surface area contributed by atoms with Gasteiger partial charge in [0.15, 0.2) is 0 Å². The van der Waals surface area contributed by atoms with E-state index in [1.54, 1.807) is 7.11 Å². The van der Waals surface area contributed by atoms with Gasteiger partial charge in [-0.2, -0.15) is 5.26 Å². The van der Waals surface area contributed by atoms with Crippen LogP contribution in [0.1, 0.15) is 42.0 Å². The molecule has 1 aromatic rings. The SMILES string of the molecule is COCCC(=O)N1CCN(c2nc(C3CC3)c(Br)c(C)c2C#N)CC1. The lowest BCUT2D eigenvalue weighted by Crippen LogP contribution is -2.49. The molecule has 1 aliphatic carbocycles. The lowest BCUT2D eigenvalue weighted by molar-refractivity contribution is -0.132. The van der Waals surface area contributed by atoms with Crippen LogP contribution in [0.15, 0.2) is 4.47 Å². The van der Waals surface area contributed by atoms with Crippen molar-refractivity contribution in [3.8, 4) is 6.07 Å². The largest absolute Gasteiger partial charge is 0.384 e. The van der Waals surface area contributed by atoms with Gasteiger partial charge < -0.3 is 14.5 Å². The van der Waals surface area contributed by atoms with E-state index < -0.39 is 0 Å². The Morgan fingerprint density at radius 1 is 1.36 bits per heavy atom. The summed E-state index contributed by atoms with van der Waals surface area (Å²) < 4.78 is 5.96. The molecule has 3 rings (SSSR count). The zero-order valence-electron chi connectivity index (χ0n) is 14.7. The zero-order valence-corrected chi connectivity index (χ0v) is 16.3. The second-order valence-corrected chi connectivity index (χ2v) is 7.42. The van der Waals surface area contributed by atoms with Crippen molar-refractivity contribution in [3.63, 3.8) is 0 Å². The Morgan fingerprint density at radius 2 is 2.04 bits per heavy atom. The van der Waals surface area contributed by atoms with Crippen LogP contribution < -0.4 is 4.90 Å². The van der Waals surface area contributed by atoms with E-state index in [2.05, 4.69) is 26.9 Å². The predicted molar refractivity (Wildman–Crippen MR) is 98.7 cm³/mol. The molecular formula is C18H23BrN4O2. The quantitative estimate of drug-likeness (QED) is 0.751. The van der Waals surface area contributed by atoms with Gasteiger partial charge in [0.05, 0.1) is 24.3 Å². The van der Waals surface area contributed by atoms with Crippen LogP contribution in [0.25, 0.3) is 0 Å². The van der Waals surface area contributed by atoms with E-state index in [1.807, 2.05) is 11.8 Å². The third-order valence-corrected chi connectivity index (χ3v) is 5.91. The Bertz CT molecular complexity index is 704. The van der Waals surface area contributed by atoms with Crippen LogP contribution >= 0.6 is 15.9 Å². The first-order chi connectivity index (χ1) is 12.1. The van der Waals surface area contributed by atoms with Crippen LogP contribution in [-0.2, 0) is 9.53 Å². The molecule has 0 aromatic carbocycles. The number of aromatic nitrogens is 1. The summed E-state index contributed by atoms with van der Waals surface area (Å²) in [6, 6.07) is 2.32. The van der Waals surface area contributed by atoms with Gasteiger partial charge in [-0.3, -0.25) is 4.79 Å². The van der Waals surface area contributed by atoms with Crippen LogP contribution in [-0.4, -0.2) is 55.7 Å². The normalized spacial score (nSPS) is 17.5. The second-order valence-electron chi connectivity index (χ2n) is 6.63. The van der Waals surface area contributed by atoms with E-state index in [0.29, 0.717) is 50.7 Å². The van der Waals surface area contributed by atoms with Crippen LogP contribution in [0.3, 0.4) is 0 Å². The van der Waals surface area contributed by atoms with Crippen molar-refractivity contribution in [2.45, 2.75) is 32.1 Å². The number of halogens is 1. The highest BCUT2D eigenvalue weighted by Crippen LogP contribution is 2.45. The molecule has 2 heterocycles. The molecule has 0 unspecified atom stereocenters. The van der Waals surface area contributed by atoms with Gasteiger partial charge in [-0.1, -0.05) is 0 Å². The molecule has 6 nitrogen and oxygen atoms in total. The maximum atomic E-state index is 12.1. The first-order valence-electron chi connectivity index (χ1n) is 8.68. The maximum absolute atomic E-state index is 12.1. The summed E-state index contributed by atoms with van der Waals surface area (Å²) in [6.45, 7) is 5.14. The average molecular weight is 407 g/mol. The molecule has 7 heteroatoms. The average Bonchev–Trinajstić information content (AvgIpc) is 3.47.